The molecular formula is C52H43N3. The predicted octanol–water partition coefficient (Wildman–Crippen LogP) is 12.4. The maximum Gasteiger partial charge on any atom is 0.133 e. The van der Waals surface area contributed by atoms with Gasteiger partial charge in [0.15, 0.2) is 0 Å². The average molecular weight is 710 g/mol. The van der Waals surface area contributed by atoms with E-state index in [0.29, 0.717) is 11.8 Å². The van der Waals surface area contributed by atoms with Crippen LogP contribution in [0.1, 0.15) is 72.4 Å². The first kappa shape index (κ1) is 32.3. The van der Waals surface area contributed by atoms with Crippen LogP contribution in [0.4, 0.5) is 0 Å². The van der Waals surface area contributed by atoms with Crippen LogP contribution in [-0.4, -0.2) is 15.9 Å². The van der Waals surface area contributed by atoms with Gasteiger partial charge in [-0.05, 0) is 130 Å². The summed E-state index contributed by atoms with van der Waals surface area (Å²) < 4.78 is 2.43. The topological polar surface area (TPSA) is 43.3 Å². The molecule has 55 heavy (non-hydrogen) atoms. The summed E-state index contributed by atoms with van der Waals surface area (Å²) in [6.07, 6.45) is 12.4. The Hall–Kier alpha value is -6.19. The van der Waals surface area contributed by atoms with Gasteiger partial charge in [0.1, 0.15) is 11.4 Å². The van der Waals surface area contributed by atoms with Crippen molar-refractivity contribution in [2.45, 2.75) is 56.9 Å². The molecule has 1 fully saturated rings. The lowest BCUT2D eigenvalue weighted by Crippen LogP contribution is -2.21. The highest BCUT2D eigenvalue weighted by Crippen LogP contribution is 2.58. The SMILES string of the molecule is Cc1ccc2c(c1-c1ccccc1C1CCC1)C(C)(C)c1cc3c4ccccc4n(-c4ccc(C(N)=NC56C=CC=CC5=C6c5ccccc5)cc4)c3cc1-2. The largest absolute Gasteiger partial charge is 0.383 e. The van der Waals surface area contributed by atoms with E-state index in [1.54, 1.807) is 0 Å². The number of aliphatic imine (C=N–C) groups is 1. The fourth-order valence-electron chi connectivity index (χ4n) is 10.1. The maximum atomic E-state index is 6.82. The molecule has 7 aromatic rings. The summed E-state index contributed by atoms with van der Waals surface area (Å²) in [5, 5.41) is 2.55. The van der Waals surface area contributed by atoms with Crippen LogP contribution in [0.2, 0.25) is 0 Å². The predicted molar refractivity (Wildman–Crippen MR) is 230 cm³/mol. The second kappa shape index (κ2) is 11.7. The lowest BCUT2D eigenvalue weighted by atomic mass is 9.73. The van der Waals surface area contributed by atoms with Crippen LogP contribution in [0.25, 0.3) is 55.3 Å². The third-order valence-corrected chi connectivity index (χ3v) is 13.1. The summed E-state index contributed by atoms with van der Waals surface area (Å²) in [5.74, 6) is 1.20. The van der Waals surface area contributed by atoms with Crippen molar-refractivity contribution in [1.82, 2.24) is 4.57 Å². The Morgan fingerprint density at radius 1 is 0.727 bits per heavy atom. The minimum atomic E-state index is -0.492. The van der Waals surface area contributed by atoms with E-state index < -0.39 is 5.54 Å². The van der Waals surface area contributed by atoms with Crippen molar-refractivity contribution in [1.29, 1.82) is 0 Å². The monoisotopic (exact) mass is 709 g/mol. The first-order valence-electron chi connectivity index (χ1n) is 19.8. The molecule has 1 unspecified atom stereocenters. The minimum absolute atomic E-state index is 0.159. The molecule has 0 aliphatic heterocycles. The Balaban J connectivity index is 1.03. The molecule has 0 spiro atoms. The molecule has 3 nitrogen and oxygen atoms in total. The Bertz CT molecular complexity index is 2870. The number of para-hydroxylation sites is 1. The number of fused-ring (bicyclic) bond motifs is 7. The van der Waals surface area contributed by atoms with Crippen LogP contribution in [0.3, 0.4) is 0 Å². The summed E-state index contributed by atoms with van der Waals surface area (Å²) in [6, 6.07) is 46.9. The van der Waals surface area contributed by atoms with Crippen molar-refractivity contribution < 1.29 is 0 Å². The van der Waals surface area contributed by atoms with Crippen molar-refractivity contribution in [3.05, 3.63) is 191 Å². The molecule has 1 atom stereocenters. The van der Waals surface area contributed by atoms with E-state index in [2.05, 4.69) is 177 Å². The highest BCUT2D eigenvalue weighted by molar-refractivity contribution is 6.12. The van der Waals surface area contributed by atoms with Gasteiger partial charge in [-0.15, -0.1) is 0 Å². The van der Waals surface area contributed by atoms with Crippen molar-refractivity contribution in [3.63, 3.8) is 0 Å². The standard InChI is InChI=1S/C52H43N3/c1-32-23-28-40-41-31-46-42(30-44(41)51(2,3)49(40)47(32)39-20-8-7-18-37(39)33-16-13-17-33)38-19-9-10-22-45(38)55(46)36-26-24-35(25-27-36)50(53)54-52-29-12-11-21-43(52)48(52)34-14-5-4-6-15-34/h4-12,14-15,18-31,33H,13,16-17H2,1-3H3,(H2,53,54). The van der Waals surface area contributed by atoms with Gasteiger partial charge in [0, 0.05) is 33.0 Å². The molecule has 0 amide bonds. The van der Waals surface area contributed by atoms with Gasteiger partial charge in [-0.2, -0.15) is 0 Å². The van der Waals surface area contributed by atoms with E-state index in [1.807, 2.05) is 0 Å². The fourth-order valence-corrected chi connectivity index (χ4v) is 10.1. The number of hydrogen-bond acceptors (Lipinski definition) is 1. The van der Waals surface area contributed by atoms with Crippen molar-refractivity contribution in [3.8, 4) is 27.9 Å². The number of allylic oxidation sites excluding steroid dienone is 2. The van der Waals surface area contributed by atoms with E-state index in [0.717, 1.165) is 11.3 Å². The van der Waals surface area contributed by atoms with E-state index in [1.165, 1.54) is 102 Å². The van der Waals surface area contributed by atoms with Crippen LogP contribution in [0.5, 0.6) is 0 Å². The zero-order valence-electron chi connectivity index (χ0n) is 31.6. The molecule has 4 aliphatic rings. The highest BCUT2D eigenvalue weighted by atomic mass is 15.0. The number of aromatic nitrogens is 1. The maximum absolute atomic E-state index is 6.82. The zero-order chi connectivity index (χ0) is 37.1. The third-order valence-electron chi connectivity index (χ3n) is 13.1. The van der Waals surface area contributed by atoms with Gasteiger partial charge in [-0.3, -0.25) is 0 Å². The van der Waals surface area contributed by atoms with Gasteiger partial charge < -0.3 is 10.3 Å². The highest BCUT2D eigenvalue weighted by Gasteiger charge is 2.52. The van der Waals surface area contributed by atoms with Crippen LogP contribution in [0, 0.1) is 6.92 Å². The number of nitrogens with two attached hydrogens (primary N) is 1. The van der Waals surface area contributed by atoms with Gasteiger partial charge in [0.25, 0.3) is 0 Å². The molecule has 3 heteroatoms. The molecule has 1 heterocycles. The van der Waals surface area contributed by atoms with Gasteiger partial charge in [-0.1, -0.05) is 123 Å². The normalized spacial score (nSPS) is 19.4. The average Bonchev–Trinajstić information content (AvgIpc) is 3.65. The quantitative estimate of drug-likeness (QED) is 0.136. The first-order valence-corrected chi connectivity index (χ1v) is 19.8. The first-order chi connectivity index (χ1) is 26.8. The third kappa shape index (κ3) is 4.59. The molecule has 266 valence electrons. The number of amidine groups is 1. The lowest BCUT2D eigenvalue weighted by molar-refractivity contribution is 0.420. The molecular weight excluding hydrogens is 667 g/mol. The fraction of sp³-hybridized carbons (Fsp3) is 0.173. The van der Waals surface area contributed by atoms with Crippen LogP contribution in [0.15, 0.2) is 162 Å². The summed E-state index contributed by atoms with van der Waals surface area (Å²) in [4.78, 5) is 5.17. The summed E-state index contributed by atoms with van der Waals surface area (Å²) in [6.45, 7) is 7.17. The Morgan fingerprint density at radius 3 is 2.29 bits per heavy atom. The summed E-state index contributed by atoms with van der Waals surface area (Å²) >= 11 is 0. The molecule has 0 radical (unpaired) electrons. The molecule has 4 aliphatic carbocycles. The Labute approximate surface area is 322 Å². The number of benzene rings is 6. The summed E-state index contributed by atoms with van der Waals surface area (Å²) in [7, 11) is 0. The second-order valence-electron chi connectivity index (χ2n) is 16.5. The van der Waals surface area contributed by atoms with Gasteiger partial charge in [0.2, 0.25) is 0 Å². The van der Waals surface area contributed by atoms with E-state index in [-0.39, 0.29) is 5.41 Å². The Morgan fingerprint density at radius 2 is 1.49 bits per heavy atom. The molecule has 11 rings (SSSR count). The van der Waals surface area contributed by atoms with Crippen LogP contribution < -0.4 is 5.73 Å². The molecule has 1 aromatic heterocycles. The number of nitrogens with zero attached hydrogens (tertiary/aromatic N) is 2. The summed E-state index contributed by atoms with van der Waals surface area (Å²) in [5.41, 5.74) is 25.5. The minimum Gasteiger partial charge on any atom is -0.383 e. The molecule has 0 bridgehead atoms. The van der Waals surface area contributed by atoms with Crippen molar-refractivity contribution >= 4 is 33.2 Å². The lowest BCUT2D eigenvalue weighted by Gasteiger charge is -2.31. The number of aryl methyl sites for hydroxylation is 1. The van der Waals surface area contributed by atoms with Crippen LogP contribution >= 0.6 is 0 Å². The van der Waals surface area contributed by atoms with E-state index >= 15 is 0 Å². The van der Waals surface area contributed by atoms with Crippen molar-refractivity contribution in [2.75, 3.05) is 0 Å². The second-order valence-corrected chi connectivity index (χ2v) is 16.5. The molecule has 0 saturated heterocycles. The van der Waals surface area contributed by atoms with Crippen LogP contribution in [-0.2, 0) is 5.41 Å². The molecule has 6 aromatic carbocycles. The van der Waals surface area contributed by atoms with Gasteiger partial charge in [-0.25, -0.2) is 4.99 Å². The molecule has 2 N–H and O–H groups in total. The van der Waals surface area contributed by atoms with E-state index in [4.69, 9.17) is 10.7 Å². The van der Waals surface area contributed by atoms with Gasteiger partial charge in [0.05, 0.1) is 11.0 Å². The Kier molecular flexibility index (Phi) is 6.84. The smallest absolute Gasteiger partial charge is 0.133 e. The van der Waals surface area contributed by atoms with E-state index in [9.17, 15) is 0 Å². The number of hydrogen-bond donors (Lipinski definition) is 1. The zero-order valence-corrected chi connectivity index (χ0v) is 31.6. The van der Waals surface area contributed by atoms with Gasteiger partial charge >= 0.3 is 0 Å². The molecule has 1 saturated carbocycles. The number of rotatable bonds is 6. The van der Waals surface area contributed by atoms with Crippen molar-refractivity contribution in [2.24, 2.45) is 10.7 Å².